The number of ether oxygens (including phenoxy) is 1. The number of methoxy groups -OCH3 is 1. The first-order chi connectivity index (χ1) is 10.2. The molecule has 0 N–H and O–H groups in total. The molecule has 0 radical (unpaired) electrons. The summed E-state index contributed by atoms with van der Waals surface area (Å²) < 4.78 is 4.95. The van der Waals surface area contributed by atoms with Gasteiger partial charge in [0.15, 0.2) is 0 Å². The minimum Gasteiger partial charge on any atom is -0.466 e. The van der Waals surface area contributed by atoms with E-state index in [2.05, 4.69) is 12.1 Å². The molecule has 2 aromatic rings. The summed E-state index contributed by atoms with van der Waals surface area (Å²) >= 11 is 0. The summed E-state index contributed by atoms with van der Waals surface area (Å²) in [7, 11) is 1.43. The third kappa shape index (κ3) is 4.06. The summed E-state index contributed by atoms with van der Waals surface area (Å²) in [5.41, 5.74) is 4.01. The summed E-state index contributed by atoms with van der Waals surface area (Å²) in [4.78, 5) is 12.1. The van der Waals surface area contributed by atoms with Crippen LogP contribution in [-0.4, -0.2) is 13.1 Å². The lowest BCUT2D eigenvalue weighted by atomic mass is 9.96. The fourth-order valence-corrected chi connectivity index (χ4v) is 2.34. The summed E-state index contributed by atoms with van der Waals surface area (Å²) in [5, 5.41) is 0. The average Bonchev–Trinajstić information content (AvgIpc) is 2.56. The van der Waals surface area contributed by atoms with Gasteiger partial charge in [0.2, 0.25) is 0 Å². The molecule has 0 aliphatic heterocycles. The topological polar surface area (TPSA) is 26.3 Å². The molecule has 2 nitrogen and oxygen atoms in total. The molecule has 0 spiro atoms. The van der Waals surface area contributed by atoms with E-state index in [0.29, 0.717) is 6.42 Å². The fraction of sp³-hybridized carbons (Fsp3) is 0.211. The van der Waals surface area contributed by atoms with E-state index < -0.39 is 0 Å². The number of carbonyl (C=O) groups is 1. The second-order valence-corrected chi connectivity index (χ2v) is 4.95. The Morgan fingerprint density at radius 3 is 2.10 bits per heavy atom. The van der Waals surface area contributed by atoms with Crippen LogP contribution in [0.1, 0.15) is 24.5 Å². The number of allylic oxidation sites excluding steroid dienone is 1. The second-order valence-electron chi connectivity index (χ2n) is 4.95. The van der Waals surface area contributed by atoms with E-state index in [-0.39, 0.29) is 5.97 Å². The largest absolute Gasteiger partial charge is 0.466 e. The molecule has 0 aliphatic carbocycles. The molecule has 0 atom stereocenters. The molecule has 2 aromatic carbocycles. The van der Waals surface area contributed by atoms with Crippen molar-refractivity contribution in [3.63, 3.8) is 0 Å². The Labute approximate surface area is 126 Å². The van der Waals surface area contributed by atoms with Crippen molar-refractivity contribution in [3.05, 3.63) is 77.4 Å². The third-order valence-electron chi connectivity index (χ3n) is 3.60. The van der Waals surface area contributed by atoms with E-state index in [1.807, 2.05) is 55.5 Å². The molecule has 0 amide bonds. The Morgan fingerprint density at radius 2 is 1.52 bits per heavy atom. The van der Waals surface area contributed by atoms with Gasteiger partial charge in [0.05, 0.1) is 7.11 Å². The van der Waals surface area contributed by atoms with Gasteiger partial charge in [0, 0.05) is 5.57 Å². The van der Waals surface area contributed by atoms with Crippen molar-refractivity contribution in [1.29, 1.82) is 0 Å². The van der Waals surface area contributed by atoms with Gasteiger partial charge in [-0.3, -0.25) is 0 Å². The molecule has 0 heterocycles. The smallest absolute Gasteiger partial charge is 0.334 e. The van der Waals surface area contributed by atoms with Crippen molar-refractivity contribution in [2.45, 2.75) is 19.8 Å². The number of esters is 1. The molecule has 21 heavy (non-hydrogen) atoms. The minimum absolute atomic E-state index is 0.243. The molecule has 0 aromatic heterocycles. The molecule has 2 heteroatoms. The molecule has 0 aliphatic rings. The first kappa shape index (κ1) is 15.0. The van der Waals surface area contributed by atoms with E-state index in [1.165, 1.54) is 12.7 Å². The first-order valence-electron chi connectivity index (χ1n) is 7.09. The van der Waals surface area contributed by atoms with Crippen LogP contribution in [0.4, 0.5) is 0 Å². The van der Waals surface area contributed by atoms with Crippen LogP contribution >= 0.6 is 0 Å². The molecule has 2 rings (SSSR count). The normalized spacial score (nSPS) is 11.7. The Hall–Kier alpha value is -2.35. The Bertz CT molecular complexity index is 613. The van der Waals surface area contributed by atoms with Crippen LogP contribution < -0.4 is 0 Å². The predicted octanol–water partition coefficient (Wildman–Crippen LogP) is 4.27. The van der Waals surface area contributed by atoms with E-state index in [0.717, 1.165) is 23.1 Å². The number of hydrogen-bond acceptors (Lipinski definition) is 2. The fourth-order valence-electron chi connectivity index (χ4n) is 2.34. The lowest BCUT2D eigenvalue weighted by Crippen LogP contribution is -2.08. The van der Waals surface area contributed by atoms with Crippen molar-refractivity contribution < 1.29 is 9.53 Å². The van der Waals surface area contributed by atoms with Crippen LogP contribution in [-0.2, 0) is 16.0 Å². The predicted molar refractivity (Wildman–Crippen MR) is 85.8 cm³/mol. The molecule has 0 saturated carbocycles. The zero-order valence-corrected chi connectivity index (χ0v) is 12.5. The molecule has 0 saturated heterocycles. The standard InChI is InChI=1S/C19H20O2/c1-15(17-11-7-4-8-12-17)18(19(20)21-2)14-13-16-9-5-3-6-10-16/h3-12H,13-14H2,1-2H3/b18-15+. The zero-order valence-electron chi connectivity index (χ0n) is 12.5. The molecular weight excluding hydrogens is 260 g/mol. The van der Waals surface area contributed by atoms with Crippen LogP contribution in [0, 0.1) is 0 Å². The van der Waals surface area contributed by atoms with Gasteiger partial charge >= 0.3 is 5.97 Å². The summed E-state index contributed by atoms with van der Waals surface area (Å²) in [6.45, 7) is 1.98. The Balaban J connectivity index is 2.24. The van der Waals surface area contributed by atoms with E-state index in [1.54, 1.807) is 0 Å². The van der Waals surface area contributed by atoms with Crippen molar-refractivity contribution >= 4 is 11.5 Å². The molecule has 0 fully saturated rings. The molecule has 0 unspecified atom stereocenters. The van der Waals surface area contributed by atoms with Crippen molar-refractivity contribution in [2.75, 3.05) is 7.11 Å². The summed E-state index contributed by atoms with van der Waals surface area (Å²) in [5.74, 6) is -0.243. The monoisotopic (exact) mass is 280 g/mol. The number of rotatable bonds is 5. The highest BCUT2D eigenvalue weighted by Gasteiger charge is 2.14. The number of aryl methyl sites for hydroxylation is 1. The van der Waals surface area contributed by atoms with Crippen molar-refractivity contribution in [3.8, 4) is 0 Å². The minimum atomic E-state index is -0.243. The summed E-state index contributed by atoms with van der Waals surface area (Å²) in [6, 6.07) is 20.1. The average molecular weight is 280 g/mol. The second kappa shape index (κ2) is 7.44. The number of carbonyl (C=O) groups excluding carboxylic acids is 1. The van der Waals surface area contributed by atoms with Gasteiger partial charge in [0.25, 0.3) is 0 Å². The van der Waals surface area contributed by atoms with Gasteiger partial charge in [0.1, 0.15) is 0 Å². The van der Waals surface area contributed by atoms with E-state index in [9.17, 15) is 4.79 Å². The highest BCUT2D eigenvalue weighted by Crippen LogP contribution is 2.22. The first-order valence-corrected chi connectivity index (χ1v) is 7.09. The SMILES string of the molecule is COC(=O)/C(CCc1ccccc1)=C(\C)c1ccccc1. The van der Waals surface area contributed by atoms with Gasteiger partial charge in [-0.1, -0.05) is 60.7 Å². The van der Waals surface area contributed by atoms with Crippen molar-refractivity contribution in [1.82, 2.24) is 0 Å². The van der Waals surface area contributed by atoms with E-state index in [4.69, 9.17) is 4.74 Å². The van der Waals surface area contributed by atoms with Gasteiger partial charge < -0.3 is 4.74 Å². The molecular formula is C19H20O2. The summed E-state index contributed by atoms with van der Waals surface area (Å²) in [6.07, 6.45) is 1.51. The zero-order chi connectivity index (χ0) is 15.1. The molecule has 0 bridgehead atoms. The Kier molecular flexibility index (Phi) is 5.33. The van der Waals surface area contributed by atoms with E-state index >= 15 is 0 Å². The maximum atomic E-state index is 12.1. The number of hydrogen-bond donors (Lipinski definition) is 0. The van der Waals surface area contributed by atoms with Gasteiger partial charge in [-0.2, -0.15) is 0 Å². The quantitative estimate of drug-likeness (QED) is 0.604. The van der Waals surface area contributed by atoms with Crippen LogP contribution in [0.25, 0.3) is 5.57 Å². The Morgan fingerprint density at radius 1 is 0.952 bits per heavy atom. The van der Waals surface area contributed by atoms with Crippen molar-refractivity contribution in [2.24, 2.45) is 0 Å². The highest BCUT2D eigenvalue weighted by molar-refractivity contribution is 5.97. The highest BCUT2D eigenvalue weighted by atomic mass is 16.5. The van der Waals surface area contributed by atoms with Crippen LogP contribution in [0.2, 0.25) is 0 Å². The maximum Gasteiger partial charge on any atom is 0.334 e. The van der Waals surface area contributed by atoms with Gasteiger partial charge in [-0.15, -0.1) is 0 Å². The van der Waals surface area contributed by atoms with Crippen LogP contribution in [0.15, 0.2) is 66.2 Å². The lowest BCUT2D eigenvalue weighted by Gasteiger charge is -2.11. The lowest BCUT2D eigenvalue weighted by molar-refractivity contribution is -0.136. The van der Waals surface area contributed by atoms with Gasteiger partial charge in [-0.05, 0) is 36.5 Å². The number of benzene rings is 2. The maximum absolute atomic E-state index is 12.1. The van der Waals surface area contributed by atoms with Crippen LogP contribution in [0.5, 0.6) is 0 Å². The third-order valence-corrected chi connectivity index (χ3v) is 3.60. The molecule has 108 valence electrons. The van der Waals surface area contributed by atoms with Crippen LogP contribution in [0.3, 0.4) is 0 Å². The van der Waals surface area contributed by atoms with Gasteiger partial charge in [-0.25, -0.2) is 4.79 Å².